The number of alkyl halides is 3. The Hall–Kier alpha value is -2.16. The molecule has 0 aliphatic carbocycles. The fourth-order valence-electron chi connectivity index (χ4n) is 3.05. The second-order valence-corrected chi connectivity index (χ2v) is 7.12. The summed E-state index contributed by atoms with van der Waals surface area (Å²) in [5.41, 5.74) is 0.766. The van der Waals surface area contributed by atoms with Crippen LogP contribution in [0.5, 0.6) is 11.5 Å². The van der Waals surface area contributed by atoms with Crippen LogP contribution in [0.25, 0.3) is 0 Å². The lowest BCUT2D eigenvalue weighted by Gasteiger charge is -2.32. The Labute approximate surface area is 176 Å². The zero-order chi connectivity index (χ0) is 22.6. The van der Waals surface area contributed by atoms with Gasteiger partial charge in [0.25, 0.3) is 0 Å². The number of nitrogens with one attached hydrogen (secondary N) is 2. The number of aliphatic hydroxyl groups is 1. The third-order valence-electron chi connectivity index (χ3n) is 5.16. The molecule has 0 saturated carbocycles. The highest BCUT2D eigenvalue weighted by molar-refractivity contribution is 5.79. The van der Waals surface area contributed by atoms with Gasteiger partial charge < -0.3 is 25.2 Å². The lowest BCUT2D eigenvalue weighted by molar-refractivity contribution is -0.153. The molecule has 0 unspecified atom stereocenters. The van der Waals surface area contributed by atoms with Crippen molar-refractivity contribution in [3.63, 3.8) is 0 Å². The minimum absolute atomic E-state index is 0.00830. The molecule has 0 saturated heterocycles. The van der Waals surface area contributed by atoms with E-state index in [-0.39, 0.29) is 23.5 Å². The van der Waals surface area contributed by atoms with Crippen LogP contribution in [0.4, 0.5) is 13.2 Å². The molecule has 0 aliphatic rings. The molecular formula is C21H34F3N3O3. The maximum atomic E-state index is 12.4. The molecule has 6 nitrogen and oxygen atoms in total. The van der Waals surface area contributed by atoms with E-state index in [0.717, 1.165) is 18.4 Å². The Morgan fingerprint density at radius 2 is 1.80 bits per heavy atom. The van der Waals surface area contributed by atoms with Crippen LogP contribution < -0.4 is 20.1 Å². The van der Waals surface area contributed by atoms with E-state index in [1.54, 1.807) is 12.1 Å². The number of halogens is 3. The predicted octanol–water partition coefficient (Wildman–Crippen LogP) is 3.88. The summed E-state index contributed by atoms with van der Waals surface area (Å²) in [5.74, 6) is 0.897. The molecule has 9 heteroatoms. The maximum Gasteiger partial charge on any atom is 0.422 e. The molecule has 1 rings (SSSR count). The van der Waals surface area contributed by atoms with Crippen LogP contribution in [-0.2, 0) is 6.54 Å². The van der Waals surface area contributed by atoms with Gasteiger partial charge in [0.15, 0.2) is 24.1 Å². The molecule has 3 N–H and O–H groups in total. The fraction of sp³-hybridized carbons (Fsp3) is 0.667. The molecule has 0 aromatic heterocycles. The number of hydrogen-bond acceptors (Lipinski definition) is 4. The standard InChI is InChI=1S/C21H34F3N3O3/c1-5-20(6-2,10-11-28)14-27-19(25-7-3)26-13-16-8-9-17(18(12-16)29-4)30-15-21(22,23)24/h8-9,12,28H,5-7,10-11,13-15H2,1-4H3,(H2,25,26,27). The number of hydrogen-bond donors (Lipinski definition) is 3. The summed E-state index contributed by atoms with van der Waals surface area (Å²) in [6.45, 7) is 6.63. The first-order valence-corrected chi connectivity index (χ1v) is 10.2. The highest BCUT2D eigenvalue weighted by Gasteiger charge is 2.29. The maximum absolute atomic E-state index is 12.4. The van der Waals surface area contributed by atoms with Crippen LogP contribution in [0, 0.1) is 5.41 Å². The normalized spacial score (nSPS) is 12.6. The highest BCUT2D eigenvalue weighted by atomic mass is 19.4. The van der Waals surface area contributed by atoms with Crippen molar-refractivity contribution in [1.82, 2.24) is 10.6 Å². The van der Waals surface area contributed by atoms with E-state index in [0.29, 0.717) is 32.0 Å². The van der Waals surface area contributed by atoms with Gasteiger partial charge in [0, 0.05) is 19.7 Å². The number of nitrogens with zero attached hydrogens (tertiary/aromatic N) is 1. The van der Waals surface area contributed by atoms with E-state index in [1.807, 2.05) is 6.92 Å². The summed E-state index contributed by atoms with van der Waals surface area (Å²) < 4.78 is 47.1. The van der Waals surface area contributed by atoms with Gasteiger partial charge in [0.1, 0.15) is 0 Å². The van der Waals surface area contributed by atoms with Crippen molar-refractivity contribution >= 4 is 5.96 Å². The molecule has 172 valence electrons. The van der Waals surface area contributed by atoms with Crippen LogP contribution in [0.1, 0.15) is 45.6 Å². The van der Waals surface area contributed by atoms with Crippen molar-refractivity contribution in [3.05, 3.63) is 23.8 Å². The van der Waals surface area contributed by atoms with Gasteiger partial charge in [-0.15, -0.1) is 0 Å². The summed E-state index contributed by atoms with van der Waals surface area (Å²) in [7, 11) is 1.38. The zero-order valence-electron chi connectivity index (χ0n) is 18.2. The Morgan fingerprint density at radius 1 is 1.10 bits per heavy atom. The number of ether oxygens (including phenoxy) is 2. The lowest BCUT2D eigenvalue weighted by atomic mass is 9.79. The average Bonchev–Trinajstić information content (AvgIpc) is 2.72. The van der Waals surface area contributed by atoms with Gasteiger partial charge in [0.05, 0.1) is 13.7 Å². The summed E-state index contributed by atoms with van der Waals surface area (Å²) in [5, 5.41) is 15.9. The third kappa shape index (κ3) is 8.69. The van der Waals surface area contributed by atoms with E-state index in [4.69, 9.17) is 9.47 Å². The topological polar surface area (TPSA) is 75.1 Å². The number of aliphatic imine (C=N–C) groups is 1. The molecular weight excluding hydrogens is 399 g/mol. The zero-order valence-corrected chi connectivity index (χ0v) is 18.2. The lowest BCUT2D eigenvalue weighted by Crippen LogP contribution is -2.43. The molecule has 1 aromatic carbocycles. The largest absolute Gasteiger partial charge is 0.493 e. The van der Waals surface area contributed by atoms with Crippen molar-refractivity contribution in [2.45, 2.75) is 52.8 Å². The number of benzene rings is 1. The number of methoxy groups -OCH3 is 1. The Balaban J connectivity index is 2.86. The molecule has 0 radical (unpaired) electrons. The Kier molecular flexibility index (Phi) is 10.8. The van der Waals surface area contributed by atoms with E-state index in [2.05, 4.69) is 29.5 Å². The summed E-state index contributed by atoms with van der Waals surface area (Å²) >= 11 is 0. The predicted molar refractivity (Wildman–Crippen MR) is 112 cm³/mol. The van der Waals surface area contributed by atoms with E-state index < -0.39 is 12.8 Å². The van der Waals surface area contributed by atoms with Crippen LogP contribution in [0.3, 0.4) is 0 Å². The minimum Gasteiger partial charge on any atom is -0.493 e. The molecule has 0 spiro atoms. The van der Waals surface area contributed by atoms with E-state index in [9.17, 15) is 18.3 Å². The fourth-order valence-corrected chi connectivity index (χ4v) is 3.05. The first-order valence-electron chi connectivity index (χ1n) is 10.2. The molecule has 0 fully saturated rings. The van der Waals surface area contributed by atoms with Crippen molar-refractivity contribution in [3.8, 4) is 11.5 Å². The Bertz CT molecular complexity index is 663. The Morgan fingerprint density at radius 3 is 2.33 bits per heavy atom. The molecule has 1 aromatic rings. The van der Waals surface area contributed by atoms with E-state index in [1.165, 1.54) is 13.2 Å². The van der Waals surface area contributed by atoms with Crippen LogP contribution in [0.2, 0.25) is 0 Å². The second-order valence-electron chi connectivity index (χ2n) is 7.12. The van der Waals surface area contributed by atoms with Crippen LogP contribution >= 0.6 is 0 Å². The van der Waals surface area contributed by atoms with Crippen molar-refractivity contribution < 1.29 is 27.8 Å². The van der Waals surface area contributed by atoms with Crippen LogP contribution in [-0.4, -0.2) is 50.7 Å². The smallest absolute Gasteiger partial charge is 0.422 e. The molecule has 0 atom stereocenters. The number of rotatable bonds is 12. The SMILES string of the molecule is CCNC(=NCc1ccc(OCC(F)(F)F)c(OC)c1)NCC(CC)(CC)CCO. The summed E-state index contributed by atoms with van der Waals surface area (Å²) in [6, 6.07) is 4.73. The number of guanidine groups is 1. The molecule has 0 bridgehead atoms. The molecule has 0 heterocycles. The van der Waals surface area contributed by atoms with Crippen LogP contribution in [0.15, 0.2) is 23.2 Å². The van der Waals surface area contributed by atoms with Crippen molar-refractivity contribution in [1.29, 1.82) is 0 Å². The van der Waals surface area contributed by atoms with Gasteiger partial charge in [-0.1, -0.05) is 19.9 Å². The summed E-state index contributed by atoms with van der Waals surface area (Å²) in [6.07, 6.45) is -1.83. The van der Waals surface area contributed by atoms with E-state index >= 15 is 0 Å². The second kappa shape index (κ2) is 12.5. The van der Waals surface area contributed by atoms with Gasteiger partial charge in [-0.25, -0.2) is 4.99 Å². The molecule has 30 heavy (non-hydrogen) atoms. The van der Waals surface area contributed by atoms with Gasteiger partial charge in [0.2, 0.25) is 0 Å². The quantitative estimate of drug-likeness (QED) is 0.345. The molecule has 0 aliphatic heterocycles. The van der Waals surface area contributed by atoms with Gasteiger partial charge in [-0.3, -0.25) is 0 Å². The van der Waals surface area contributed by atoms with Gasteiger partial charge in [-0.2, -0.15) is 13.2 Å². The first kappa shape index (κ1) is 25.9. The van der Waals surface area contributed by atoms with Crippen molar-refractivity contribution in [2.75, 3.05) is 33.4 Å². The minimum atomic E-state index is -4.41. The number of aliphatic hydroxyl groups excluding tert-OH is 1. The van der Waals surface area contributed by atoms with Gasteiger partial charge >= 0.3 is 6.18 Å². The average molecular weight is 434 g/mol. The van der Waals surface area contributed by atoms with Gasteiger partial charge in [-0.05, 0) is 49.3 Å². The molecule has 0 amide bonds. The summed E-state index contributed by atoms with van der Waals surface area (Å²) in [4.78, 5) is 4.56. The third-order valence-corrected chi connectivity index (χ3v) is 5.16. The first-order chi connectivity index (χ1) is 14.2. The monoisotopic (exact) mass is 433 g/mol. The van der Waals surface area contributed by atoms with Crippen molar-refractivity contribution in [2.24, 2.45) is 10.4 Å². The highest BCUT2D eigenvalue weighted by Crippen LogP contribution is 2.30.